The molecule has 0 aliphatic carbocycles. The molecule has 0 saturated heterocycles. The molecule has 0 N–H and O–H groups in total. The molecule has 102 valence electrons. The molecular weight excluding hydrogens is 288 g/mol. The lowest BCUT2D eigenvalue weighted by atomic mass is 9.77. The molecule has 1 aromatic carbocycles. The molecule has 0 saturated carbocycles. The van der Waals surface area contributed by atoms with E-state index in [-0.39, 0.29) is 5.41 Å². The Labute approximate surface area is 120 Å². The number of benzene rings is 1. The molecule has 1 aromatic rings. The fourth-order valence-corrected chi connectivity index (χ4v) is 2.61. The smallest absolute Gasteiger partial charge is 0.0717 e. The van der Waals surface area contributed by atoms with Crippen LogP contribution in [0.5, 0.6) is 0 Å². The molecule has 0 aliphatic rings. The van der Waals surface area contributed by atoms with Crippen molar-refractivity contribution < 1.29 is 4.74 Å². The van der Waals surface area contributed by atoms with Gasteiger partial charge in [0, 0.05) is 5.33 Å². The second kappa shape index (κ2) is 6.72. The zero-order valence-corrected chi connectivity index (χ0v) is 13.6. The van der Waals surface area contributed by atoms with Crippen molar-refractivity contribution in [2.45, 2.75) is 40.7 Å². The van der Waals surface area contributed by atoms with Gasteiger partial charge in [-0.2, -0.15) is 0 Å². The van der Waals surface area contributed by atoms with Crippen LogP contribution in [-0.2, 0) is 11.3 Å². The number of hydrogen-bond donors (Lipinski definition) is 0. The van der Waals surface area contributed by atoms with Gasteiger partial charge in [0.25, 0.3) is 0 Å². The van der Waals surface area contributed by atoms with E-state index in [1.807, 2.05) is 6.07 Å². The maximum Gasteiger partial charge on any atom is 0.0717 e. The standard InChI is InChI=1S/C16H25BrO/c1-15(2,12-17)11-16(3,4)13-18-10-14-8-6-5-7-9-14/h5-9H,10-13H2,1-4H3. The summed E-state index contributed by atoms with van der Waals surface area (Å²) in [7, 11) is 0. The number of hydrogen-bond acceptors (Lipinski definition) is 1. The molecule has 0 atom stereocenters. The van der Waals surface area contributed by atoms with E-state index in [0.29, 0.717) is 12.0 Å². The number of halogens is 1. The monoisotopic (exact) mass is 312 g/mol. The van der Waals surface area contributed by atoms with E-state index in [4.69, 9.17) is 4.74 Å². The summed E-state index contributed by atoms with van der Waals surface area (Å²) in [6, 6.07) is 10.4. The van der Waals surface area contributed by atoms with E-state index in [0.717, 1.165) is 18.4 Å². The van der Waals surface area contributed by atoms with Crippen molar-refractivity contribution in [1.82, 2.24) is 0 Å². The van der Waals surface area contributed by atoms with E-state index in [9.17, 15) is 0 Å². The Morgan fingerprint density at radius 2 is 1.61 bits per heavy atom. The first-order valence-corrected chi connectivity index (χ1v) is 7.64. The molecule has 0 aliphatic heterocycles. The van der Waals surface area contributed by atoms with Crippen molar-refractivity contribution >= 4 is 15.9 Å². The third-order valence-corrected chi connectivity index (χ3v) is 4.44. The molecule has 1 nitrogen and oxygen atoms in total. The van der Waals surface area contributed by atoms with Crippen LogP contribution < -0.4 is 0 Å². The van der Waals surface area contributed by atoms with E-state index in [1.54, 1.807) is 0 Å². The Bertz CT molecular complexity index is 343. The van der Waals surface area contributed by atoms with Gasteiger partial charge < -0.3 is 4.74 Å². The van der Waals surface area contributed by atoms with Crippen LogP contribution in [0.1, 0.15) is 39.7 Å². The molecule has 0 unspecified atom stereocenters. The van der Waals surface area contributed by atoms with Gasteiger partial charge in [0.05, 0.1) is 13.2 Å². The number of alkyl halides is 1. The molecule has 0 spiro atoms. The fraction of sp³-hybridized carbons (Fsp3) is 0.625. The highest BCUT2D eigenvalue weighted by Crippen LogP contribution is 2.35. The van der Waals surface area contributed by atoms with Crippen LogP contribution in [0.3, 0.4) is 0 Å². The van der Waals surface area contributed by atoms with Crippen LogP contribution in [0, 0.1) is 10.8 Å². The zero-order chi connectivity index (χ0) is 13.6. The van der Waals surface area contributed by atoms with E-state index >= 15 is 0 Å². The molecule has 0 aromatic heterocycles. The number of rotatable bonds is 7. The summed E-state index contributed by atoms with van der Waals surface area (Å²) < 4.78 is 5.86. The molecule has 0 heterocycles. The highest BCUT2D eigenvalue weighted by atomic mass is 79.9. The lowest BCUT2D eigenvalue weighted by Crippen LogP contribution is -2.28. The Kier molecular flexibility index (Phi) is 5.87. The van der Waals surface area contributed by atoms with Crippen molar-refractivity contribution in [3.63, 3.8) is 0 Å². The van der Waals surface area contributed by atoms with Crippen molar-refractivity contribution in [1.29, 1.82) is 0 Å². The molecule has 1 rings (SSSR count). The minimum atomic E-state index is 0.214. The SMILES string of the molecule is CC(C)(CBr)CC(C)(C)COCc1ccccc1. The summed E-state index contributed by atoms with van der Waals surface area (Å²) in [6.07, 6.45) is 1.15. The maximum absolute atomic E-state index is 5.86. The summed E-state index contributed by atoms with van der Waals surface area (Å²) in [6.45, 7) is 10.7. The normalized spacial score (nSPS) is 12.7. The summed E-state index contributed by atoms with van der Waals surface area (Å²) in [4.78, 5) is 0. The van der Waals surface area contributed by atoms with Crippen LogP contribution in [-0.4, -0.2) is 11.9 Å². The summed E-state index contributed by atoms with van der Waals surface area (Å²) in [5, 5.41) is 1.03. The summed E-state index contributed by atoms with van der Waals surface area (Å²) in [5.74, 6) is 0. The van der Waals surface area contributed by atoms with E-state index in [2.05, 4.69) is 67.9 Å². The van der Waals surface area contributed by atoms with Gasteiger partial charge in [-0.1, -0.05) is 74.0 Å². The molecular formula is C16H25BrO. The zero-order valence-electron chi connectivity index (χ0n) is 12.0. The van der Waals surface area contributed by atoms with Gasteiger partial charge in [0.15, 0.2) is 0 Å². The van der Waals surface area contributed by atoms with E-state index in [1.165, 1.54) is 5.56 Å². The third kappa shape index (κ3) is 6.01. The molecule has 0 radical (unpaired) electrons. The molecule has 0 bridgehead atoms. The Balaban J connectivity index is 2.38. The van der Waals surface area contributed by atoms with Crippen LogP contribution in [0.15, 0.2) is 30.3 Å². The van der Waals surface area contributed by atoms with Gasteiger partial charge in [-0.05, 0) is 22.8 Å². The summed E-state index contributed by atoms with van der Waals surface area (Å²) >= 11 is 3.59. The van der Waals surface area contributed by atoms with Gasteiger partial charge in [-0.15, -0.1) is 0 Å². The Morgan fingerprint density at radius 3 is 2.17 bits per heavy atom. The largest absolute Gasteiger partial charge is 0.376 e. The molecule has 0 amide bonds. The van der Waals surface area contributed by atoms with Crippen LogP contribution in [0.25, 0.3) is 0 Å². The predicted octanol–water partition coefficient (Wildman–Crippen LogP) is 5.04. The van der Waals surface area contributed by atoms with Gasteiger partial charge >= 0.3 is 0 Å². The number of ether oxygens (including phenoxy) is 1. The summed E-state index contributed by atoms with van der Waals surface area (Å²) in [5.41, 5.74) is 1.78. The van der Waals surface area contributed by atoms with E-state index < -0.39 is 0 Å². The van der Waals surface area contributed by atoms with Crippen LogP contribution >= 0.6 is 15.9 Å². The maximum atomic E-state index is 5.86. The highest BCUT2D eigenvalue weighted by molar-refractivity contribution is 9.09. The first-order valence-electron chi connectivity index (χ1n) is 6.52. The van der Waals surface area contributed by atoms with Gasteiger partial charge in [0.2, 0.25) is 0 Å². The lowest BCUT2D eigenvalue weighted by Gasteiger charge is -2.33. The molecule has 2 heteroatoms. The minimum absolute atomic E-state index is 0.214. The second-order valence-electron chi connectivity index (χ2n) is 6.62. The molecule has 18 heavy (non-hydrogen) atoms. The average molecular weight is 313 g/mol. The average Bonchev–Trinajstić information content (AvgIpc) is 2.29. The van der Waals surface area contributed by atoms with Crippen molar-refractivity contribution in [2.75, 3.05) is 11.9 Å². The van der Waals surface area contributed by atoms with Crippen LogP contribution in [0.2, 0.25) is 0 Å². The van der Waals surface area contributed by atoms with Crippen molar-refractivity contribution in [2.24, 2.45) is 10.8 Å². The first kappa shape index (κ1) is 15.7. The fourth-order valence-electron chi connectivity index (χ4n) is 2.41. The Morgan fingerprint density at radius 1 is 1.00 bits per heavy atom. The van der Waals surface area contributed by atoms with Crippen LogP contribution in [0.4, 0.5) is 0 Å². The van der Waals surface area contributed by atoms with Crippen molar-refractivity contribution in [3.05, 3.63) is 35.9 Å². The Hall–Kier alpha value is -0.340. The van der Waals surface area contributed by atoms with Crippen molar-refractivity contribution in [3.8, 4) is 0 Å². The minimum Gasteiger partial charge on any atom is -0.376 e. The third-order valence-electron chi connectivity index (χ3n) is 2.92. The topological polar surface area (TPSA) is 9.23 Å². The molecule has 0 fully saturated rings. The second-order valence-corrected chi connectivity index (χ2v) is 7.18. The highest BCUT2D eigenvalue weighted by Gasteiger charge is 2.28. The van der Waals surface area contributed by atoms with Gasteiger partial charge in [-0.25, -0.2) is 0 Å². The van der Waals surface area contributed by atoms with Gasteiger partial charge in [-0.3, -0.25) is 0 Å². The lowest BCUT2D eigenvalue weighted by molar-refractivity contribution is 0.0312. The van der Waals surface area contributed by atoms with Gasteiger partial charge in [0.1, 0.15) is 0 Å². The quantitative estimate of drug-likeness (QED) is 0.641. The predicted molar refractivity (Wildman–Crippen MR) is 82.1 cm³/mol. The first-order chi connectivity index (χ1) is 8.35.